The molecule has 1 N–H and O–H groups in total. The van der Waals surface area contributed by atoms with E-state index in [-0.39, 0.29) is 0 Å². The second-order valence-corrected chi connectivity index (χ2v) is 4.48. The summed E-state index contributed by atoms with van der Waals surface area (Å²) in [6.45, 7) is 5.36. The molecule has 1 unspecified atom stereocenters. The van der Waals surface area contributed by atoms with Crippen LogP contribution in [0.2, 0.25) is 0 Å². The zero-order chi connectivity index (χ0) is 10.4. The Balaban J connectivity index is 2.37. The molecule has 0 aliphatic rings. The first-order valence-electron chi connectivity index (χ1n) is 5.11. The van der Waals surface area contributed by atoms with Gasteiger partial charge in [0.2, 0.25) is 0 Å². The highest BCUT2D eigenvalue weighted by atomic mass is 32.1. The van der Waals surface area contributed by atoms with Crippen molar-refractivity contribution < 1.29 is 4.74 Å². The molecule has 80 valence electrons. The number of rotatable bonds is 6. The van der Waals surface area contributed by atoms with Gasteiger partial charge in [-0.1, -0.05) is 13.3 Å². The van der Waals surface area contributed by atoms with Crippen LogP contribution in [-0.4, -0.2) is 13.2 Å². The van der Waals surface area contributed by atoms with Crippen LogP contribution in [-0.2, 0) is 6.54 Å². The average Bonchev–Trinajstić information content (AvgIpc) is 2.62. The van der Waals surface area contributed by atoms with Crippen molar-refractivity contribution >= 4 is 11.3 Å². The smallest absolute Gasteiger partial charge is 0.134 e. The summed E-state index contributed by atoms with van der Waals surface area (Å²) < 4.78 is 5.25. The maximum Gasteiger partial charge on any atom is 0.134 e. The van der Waals surface area contributed by atoms with E-state index in [4.69, 9.17) is 4.74 Å². The van der Waals surface area contributed by atoms with Crippen molar-refractivity contribution in [1.82, 2.24) is 5.32 Å². The summed E-state index contributed by atoms with van der Waals surface area (Å²) in [5.41, 5.74) is 0. The molecular weight excluding hydrogens is 194 g/mol. The van der Waals surface area contributed by atoms with Crippen molar-refractivity contribution in [3.63, 3.8) is 0 Å². The highest BCUT2D eigenvalue weighted by molar-refractivity contribution is 7.10. The van der Waals surface area contributed by atoms with E-state index in [1.54, 1.807) is 18.4 Å². The van der Waals surface area contributed by atoms with Crippen molar-refractivity contribution in [2.75, 3.05) is 7.11 Å². The number of methoxy groups -OCH3 is 1. The molecule has 1 aromatic rings. The molecule has 3 heteroatoms. The van der Waals surface area contributed by atoms with Gasteiger partial charge in [0.05, 0.1) is 12.0 Å². The Labute approximate surface area is 90.3 Å². The maximum atomic E-state index is 5.25. The zero-order valence-electron chi connectivity index (χ0n) is 9.17. The Morgan fingerprint density at radius 2 is 2.36 bits per heavy atom. The van der Waals surface area contributed by atoms with E-state index in [0.717, 1.165) is 12.3 Å². The van der Waals surface area contributed by atoms with E-state index in [2.05, 4.69) is 24.5 Å². The molecule has 1 aromatic heterocycles. The Kier molecular flexibility index (Phi) is 4.98. The second kappa shape index (κ2) is 6.04. The largest absolute Gasteiger partial charge is 0.496 e. The van der Waals surface area contributed by atoms with Gasteiger partial charge in [-0.25, -0.2) is 0 Å². The molecule has 0 amide bonds. The van der Waals surface area contributed by atoms with Crippen LogP contribution in [0.25, 0.3) is 0 Å². The van der Waals surface area contributed by atoms with Gasteiger partial charge in [-0.05, 0) is 24.8 Å². The first kappa shape index (κ1) is 11.5. The SMILES string of the molecule is CCCC(C)NCc1sccc1OC. The fraction of sp³-hybridized carbons (Fsp3) is 0.636. The summed E-state index contributed by atoms with van der Waals surface area (Å²) in [5.74, 6) is 1.01. The number of thiophene rings is 1. The second-order valence-electron chi connectivity index (χ2n) is 3.48. The van der Waals surface area contributed by atoms with Crippen molar-refractivity contribution in [3.8, 4) is 5.75 Å². The lowest BCUT2D eigenvalue weighted by Gasteiger charge is -2.12. The molecule has 0 bridgehead atoms. The molecule has 1 heterocycles. The van der Waals surface area contributed by atoms with E-state index in [9.17, 15) is 0 Å². The predicted octanol–water partition coefficient (Wildman–Crippen LogP) is 3.03. The summed E-state index contributed by atoms with van der Waals surface area (Å²) in [6, 6.07) is 2.61. The van der Waals surface area contributed by atoms with Crippen LogP contribution < -0.4 is 10.1 Å². The minimum atomic E-state index is 0.590. The van der Waals surface area contributed by atoms with Gasteiger partial charge in [-0.3, -0.25) is 0 Å². The van der Waals surface area contributed by atoms with Crippen LogP contribution in [0.15, 0.2) is 11.4 Å². The van der Waals surface area contributed by atoms with E-state index in [1.807, 2.05) is 6.07 Å². The molecule has 0 saturated heterocycles. The molecule has 0 spiro atoms. The summed E-state index contributed by atoms with van der Waals surface area (Å²) in [7, 11) is 1.72. The number of hydrogen-bond acceptors (Lipinski definition) is 3. The summed E-state index contributed by atoms with van der Waals surface area (Å²) >= 11 is 1.75. The minimum absolute atomic E-state index is 0.590. The summed E-state index contributed by atoms with van der Waals surface area (Å²) in [5, 5.41) is 5.56. The van der Waals surface area contributed by atoms with Crippen molar-refractivity contribution in [1.29, 1.82) is 0 Å². The first-order chi connectivity index (χ1) is 6.77. The third-order valence-corrected chi connectivity index (χ3v) is 3.16. The third kappa shape index (κ3) is 3.31. The number of ether oxygens (including phenoxy) is 1. The lowest BCUT2D eigenvalue weighted by atomic mass is 10.2. The van der Waals surface area contributed by atoms with Crippen molar-refractivity contribution in [2.24, 2.45) is 0 Å². The van der Waals surface area contributed by atoms with Gasteiger partial charge < -0.3 is 10.1 Å². The molecule has 1 atom stereocenters. The average molecular weight is 213 g/mol. The normalized spacial score (nSPS) is 12.8. The summed E-state index contributed by atoms with van der Waals surface area (Å²) in [4.78, 5) is 1.29. The Morgan fingerprint density at radius 1 is 1.57 bits per heavy atom. The van der Waals surface area contributed by atoms with Gasteiger partial charge in [-0.2, -0.15) is 0 Å². The molecule has 14 heavy (non-hydrogen) atoms. The van der Waals surface area contributed by atoms with E-state index in [0.29, 0.717) is 6.04 Å². The molecule has 0 radical (unpaired) electrons. The van der Waals surface area contributed by atoms with Crippen LogP contribution in [0, 0.1) is 0 Å². The van der Waals surface area contributed by atoms with Gasteiger partial charge in [0.25, 0.3) is 0 Å². The molecule has 0 aliphatic heterocycles. The highest BCUT2D eigenvalue weighted by Crippen LogP contribution is 2.24. The van der Waals surface area contributed by atoms with Crippen LogP contribution in [0.3, 0.4) is 0 Å². The summed E-state index contributed by atoms with van der Waals surface area (Å²) in [6.07, 6.45) is 2.46. The molecule has 0 aromatic carbocycles. The van der Waals surface area contributed by atoms with E-state index in [1.165, 1.54) is 17.7 Å². The predicted molar refractivity (Wildman–Crippen MR) is 62.1 cm³/mol. The fourth-order valence-electron chi connectivity index (χ4n) is 1.44. The van der Waals surface area contributed by atoms with Gasteiger partial charge in [0.15, 0.2) is 0 Å². The maximum absolute atomic E-state index is 5.25. The monoisotopic (exact) mass is 213 g/mol. The molecule has 1 rings (SSSR count). The Hall–Kier alpha value is -0.540. The van der Waals surface area contributed by atoms with Gasteiger partial charge in [-0.15, -0.1) is 11.3 Å². The number of hydrogen-bond donors (Lipinski definition) is 1. The topological polar surface area (TPSA) is 21.3 Å². The van der Waals surface area contributed by atoms with Crippen LogP contribution in [0.1, 0.15) is 31.6 Å². The quantitative estimate of drug-likeness (QED) is 0.784. The van der Waals surface area contributed by atoms with Crippen LogP contribution in [0.5, 0.6) is 5.75 Å². The van der Waals surface area contributed by atoms with Gasteiger partial charge in [0.1, 0.15) is 5.75 Å². The van der Waals surface area contributed by atoms with E-state index < -0.39 is 0 Å². The highest BCUT2D eigenvalue weighted by Gasteiger charge is 2.05. The van der Waals surface area contributed by atoms with Crippen molar-refractivity contribution in [3.05, 3.63) is 16.3 Å². The zero-order valence-corrected chi connectivity index (χ0v) is 9.99. The molecule has 2 nitrogen and oxygen atoms in total. The minimum Gasteiger partial charge on any atom is -0.496 e. The molecule has 0 saturated carbocycles. The molecule has 0 fully saturated rings. The molecular formula is C11H19NOS. The lowest BCUT2D eigenvalue weighted by Crippen LogP contribution is -2.24. The number of nitrogens with one attached hydrogen (secondary N) is 1. The first-order valence-corrected chi connectivity index (χ1v) is 5.99. The standard InChI is InChI=1S/C11H19NOS/c1-4-5-9(2)12-8-11-10(13-3)6-7-14-11/h6-7,9,12H,4-5,8H2,1-3H3. The Morgan fingerprint density at radius 3 is 3.00 bits per heavy atom. The third-order valence-electron chi connectivity index (χ3n) is 2.26. The Bertz CT molecular complexity index is 260. The van der Waals surface area contributed by atoms with Crippen LogP contribution in [0.4, 0.5) is 0 Å². The van der Waals surface area contributed by atoms with Crippen LogP contribution >= 0.6 is 11.3 Å². The molecule has 0 aliphatic carbocycles. The van der Waals surface area contributed by atoms with Crippen molar-refractivity contribution in [2.45, 2.75) is 39.3 Å². The van der Waals surface area contributed by atoms with Gasteiger partial charge in [0, 0.05) is 12.6 Å². The van der Waals surface area contributed by atoms with E-state index >= 15 is 0 Å². The fourth-order valence-corrected chi connectivity index (χ4v) is 2.23. The lowest BCUT2D eigenvalue weighted by molar-refractivity contribution is 0.408. The van der Waals surface area contributed by atoms with Gasteiger partial charge >= 0.3 is 0 Å².